The fourth-order valence-electron chi connectivity index (χ4n) is 2.17. The number of urea groups is 1. The second kappa shape index (κ2) is 5.01. The van der Waals surface area contributed by atoms with Crippen molar-refractivity contribution in [2.75, 3.05) is 18.4 Å². The summed E-state index contributed by atoms with van der Waals surface area (Å²) in [6.07, 6.45) is 2.92. The molecule has 4 heteroatoms. The zero-order valence-corrected chi connectivity index (χ0v) is 9.78. The van der Waals surface area contributed by atoms with E-state index in [0.29, 0.717) is 0 Å². The number of hydrogen-bond donors (Lipinski definition) is 2. The van der Waals surface area contributed by atoms with Crippen molar-refractivity contribution < 1.29 is 4.79 Å². The van der Waals surface area contributed by atoms with Gasteiger partial charge in [0.2, 0.25) is 0 Å². The van der Waals surface area contributed by atoms with Gasteiger partial charge in [-0.1, -0.05) is 12.1 Å². The molecule has 90 valence electrons. The molecule has 3 N–H and O–H groups in total. The summed E-state index contributed by atoms with van der Waals surface area (Å²) >= 11 is 0. The standard InChI is InChI=1S/C13H17N3O/c1-2-6-16-7-5-10-8-12(15-13(14)17)4-3-11(10)9-16/h2-4,8H,1,5-7,9H2,(H3,14,15,17). The van der Waals surface area contributed by atoms with Crippen molar-refractivity contribution in [1.82, 2.24) is 4.90 Å². The molecule has 0 bridgehead atoms. The number of fused-ring (bicyclic) bond motifs is 1. The van der Waals surface area contributed by atoms with Crippen molar-refractivity contribution in [1.29, 1.82) is 0 Å². The zero-order valence-electron chi connectivity index (χ0n) is 9.78. The van der Waals surface area contributed by atoms with Crippen molar-refractivity contribution >= 4 is 11.7 Å². The highest BCUT2D eigenvalue weighted by Crippen LogP contribution is 2.22. The van der Waals surface area contributed by atoms with Gasteiger partial charge in [-0.25, -0.2) is 4.79 Å². The van der Waals surface area contributed by atoms with Gasteiger partial charge in [0.15, 0.2) is 0 Å². The first-order valence-electron chi connectivity index (χ1n) is 5.70. The van der Waals surface area contributed by atoms with Gasteiger partial charge in [0.25, 0.3) is 0 Å². The van der Waals surface area contributed by atoms with Crippen LogP contribution in [0.1, 0.15) is 11.1 Å². The minimum atomic E-state index is -0.519. The Hall–Kier alpha value is -1.81. The second-order valence-electron chi connectivity index (χ2n) is 4.25. The Morgan fingerprint density at radius 2 is 2.35 bits per heavy atom. The van der Waals surface area contributed by atoms with Gasteiger partial charge in [-0.15, -0.1) is 6.58 Å². The van der Waals surface area contributed by atoms with E-state index in [0.717, 1.165) is 31.7 Å². The topological polar surface area (TPSA) is 58.4 Å². The molecular formula is C13H17N3O. The molecule has 0 saturated carbocycles. The monoisotopic (exact) mass is 231 g/mol. The van der Waals surface area contributed by atoms with Crippen molar-refractivity contribution in [3.05, 3.63) is 42.0 Å². The lowest BCUT2D eigenvalue weighted by Crippen LogP contribution is -2.30. The molecule has 4 nitrogen and oxygen atoms in total. The third kappa shape index (κ3) is 2.85. The number of hydrogen-bond acceptors (Lipinski definition) is 2. The number of nitrogens with one attached hydrogen (secondary N) is 1. The quantitative estimate of drug-likeness (QED) is 0.778. The van der Waals surface area contributed by atoms with Crippen LogP contribution in [0.15, 0.2) is 30.9 Å². The van der Waals surface area contributed by atoms with E-state index in [-0.39, 0.29) is 0 Å². The zero-order chi connectivity index (χ0) is 12.3. The van der Waals surface area contributed by atoms with Gasteiger partial charge in [-0.3, -0.25) is 4.90 Å². The van der Waals surface area contributed by atoms with Crippen molar-refractivity contribution in [3.63, 3.8) is 0 Å². The molecule has 0 aliphatic carbocycles. The third-order valence-corrected chi connectivity index (χ3v) is 2.95. The van der Waals surface area contributed by atoms with E-state index < -0.39 is 6.03 Å². The fraction of sp³-hybridized carbons (Fsp3) is 0.308. The van der Waals surface area contributed by atoms with E-state index in [1.807, 2.05) is 18.2 Å². The van der Waals surface area contributed by atoms with Crippen molar-refractivity contribution in [3.8, 4) is 0 Å². The molecule has 1 aliphatic heterocycles. The lowest BCUT2D eigenvalue weighted by Gasteiger charge is -2.28. The molecule has 0 atom stereocenters. The molecular weight excluding hydrogens is 214 g/mol. The number of carbonyl (C=O) groups excluding carboxylic acids is 1. The molecule has 0 radical (unpaired) electrons. The van der Waals surface area contributed by atoms with Crippen LogP contribution in [0.3, 0.4) is 0 Å². The maximum Gasteiger partial charge on any atom is 0.316 e. The average molecular weight is 231 g/mol. The highest BCUT2D eigenvalue weighted by molar-refractivity contribution is 5.87. The van der Waals surface area contributed by atoms with Crippen LogP contribution >= 0.6 is 0 Å². The summed E-state index contributed by atoms with van der Waals surface area (Å²) in [5.74, 6) is 0. The molecule has 17 heavy (non-hydrogen) atoms. The van der Waals surface area contributed by atoms with Crippen LogP contribution in [-0.4, -0.2) is 24.0 Å². The van der Waals surface area contributed by atoms with E-state index >= 15 is 0 Å². The van der Waals surface area contributed by atoms with E-state index in [4.69, 9.17) is 5.73 Å². The van der Waals surface area contributed by atoms with Crippen LogP contribution in [0.5, 0.6) is 0 Å². The summed E-state index contributed by atoms with van der Waals surface area (Å²) in [6, 6.07) is 5.43. The Morgan fingerprint density at radius 3 is 3.06 bits per heavy atom. The van der Waals surface area contributed by atoms with Crippen molar-refractivity contribution in [2.45, 2.75) is 13.0 Å². The molecule has 0 unspecified atom stereocenters. The summed E-state index contributed by atoms with van der Waals surface area (Å²) in [5.41, 5.74) is 8.47. The normalized spacial score (nSPS) is 15.1. The van der Waals surface area contributed by atoms with Crippen LogP contribution in [0, 0.1) is 0 Å². The van der Waals surface area contributed by atoms with E-state index in [9.17, 15) is 4.79 Å². The predicted octanol–water partition coefficient (Wildman–Crippen LogP) is 1.72. The van der Waals surface area contributed by atoms with Gasteiger partial charge >= 0.3 is 6.03 Å². The lowest BCUT2D eigenvalue weighted by molar-refractivity contribution is 0.259. The van der Waals surface area contributed by atoms with Crippen LogP contribution in [0.25, 0.3) is 0 Å². The Kier molecular flexibility index (Phi) is 3.44. The number of nitrogens with two attached hydrogens (primary N) is 1. The molecule has 1 aromatic rings. The molecule has 2 amide bonds. The Labute approximate surface area is 101 Å². The van der Waals surface area contributed by atoms with Crippen LogP contribution in [0.4, 0.5) is 10.5 Å². The Bertz CT molecular complexity index is 442. The van der Waals surface area contributed by atoms with E-state index in [1.54, 1.807) is 0 Å². The first kappa shape index (κ1) is 11.7. The maximum atomic E-state index is 10.8. The predicted molar refractivity (Wildman–Crippen MR) is 68.8 cm³/mol. The largest absolute Gasteiger partial charge is 0.351 e. The van der Waals surface area contributed by atoms with E-state index in [1.165, 1.54) is 11.1 Å². The highest BCUT2D eigenvalue weighted by atomic mass is 16.2. The number of benzene rings is 1. The highest BCUT2D eigenvalue weighted by Gasteiger charge is 2.15. The molecule has 0 spiro atoms. The number of amides is 2. The van der Waals surface area contributed by atoms with Gasteiger partial charge in [0.05, 0.1) is 0 Å². The molecule has 1 heterocycles. The lowest BCUT2D eigenvalue weighted by atomic mass is 9.99. The SMILES string of the molecule is C=CCN1CCc2cc(NC(N)=O)ccc2C1. The summed E-state index contributed by atoms with van der Waals surface area (Å²) < 4.78 is 0. The number of rotatable bonds is 3. The molecule has 0 fully saturated rings. The fourth-order valence-corrected chi connectivity index (χ4v) is 2.17. The van der Waals surface area contributed by atoms with Gasteiger partial charge in [-0.2, -0.15) is 0 Å². The number of primary amides is 1. The summed E-state index contributed by atoms with van der Waals surface area (Å²) in [4.78, 5) is 13.1. The molecule has 1 aromatic carbocycles. The van der Waals surface area contributed by atoms with Gasteiger partial charge in [0.1, 0.15) is 0 Å². The first-order chi connectivity index (χ1) is 8.19. The molecule has 1 aliphatic rings. The Balaban J connectivity index is 2.13. The minimum absolute atomic E-state index is 0.519. The molecule has 0 saturated heterocycles. The van der Waals surface area contributed by atoms with Gasteiger partial charge < -0.3 is 11.1 Å². The number of anilines is 1. The second-order valence-corrected chi connectivity index (χ2v) is 4.25. The number of nitrogens with zero attached hydrogens (tertiary/aromatic N) is 1. The van der Waals surface area contributed by atoms with Gasteiger partial charge in [-0.05, 0) is 29.7 Å². The van der Waals surface area contributed by atoms with Crippen molar-refractivity contribution in [2.24, 2.45) is 5.73 Å². The molecule has 2 rings (SSSR count). The summed E-state index contributed by atoms with van der Waals surface area (Å²) in [7, 11) is 0. The molecule has 0 aromatic heterocycles. The number of carbonyl (C=O) groups is 1. The van der Waals surface area contributed by atoms with Crippen LogP contribution in [0.2, 0.25) is 0 Å². The van der Waals surface area contributed by atoms with E-state index in [2.05, 4.69) is 22.9 Å². The summed E-state index contributed by atoms with van der Waals surface area (Å²) in [5, 5.41) is 2.60. The third-order valence-electron chi connectivity index (χ3n) is 2.95. The maximum absolute atomic E-state index is 10.8. The smallest absolute Gasteiger partial charge is 0.316 e. The van der Waals surface area contributed by atoms with Crippen LogP contribution < -0.4 is 11.1 Å². The Morgan fingerprint density at radius 1 is 1.53 bits per heavy atom. The minimum Gasteiger partial charge on any atom is -0.351 e. The first-order valence-corrected chi connectivity index (χ1v) is 5.70. The summed E-state index contributed by atoms with van der Waals surface area (Å²) in [6.45, 7) is 6.64. The van der Waals surface area contributed by atoms with Gasteiger partial charge in [0, 0.05) is 25.3 Å². The van der Waals surface area contributed by atoms with Crippen LogP contribution in [-0.2, 0) is 13.0 Å². The average Bonchev–Trinajstić information content (AvgIpc) is 2.29.